The first-order valence-corrected chi connectivity index (χ1v) is 4.75. The molecule has 2 aromatic rings. The lowest BCUT2D eigenvalue weighted by molar-refractivity contribution is 0.102. The SMILES string of the molecule is Cc1nc(N)nc(C(=O)c2ccccc2)n1. The van der Waals surface area contributed by atoms with Gasteiger partial charge in [-0.2, -0.15) is 9.97 Å². The van der Waals surface area contributed by atoms with E-state index < -0.39 is 0 Å². The van der Waals surface area contributed by atoms with Gasteiger partial charge in [-0.3, -0.25) is 4.79 Å². The van der Waals surface area contributed by atoms with Crippen molar-refractivity contribution >= 4 is 11.7 Å². The minimum absolute atomic E-state index is 0.0618. The van der Waals surface area contributed by atoms with E-state index in [0.29, 0.717) is 11.4 Å². The molecule has 5 heteroatoms. The first-order valence-electron chi connectivity index (χ1n) is 4.75. The van der Waals surface area contributed by atoms with Crippen LogP contribution in [0.3, 0.4) is 0 Å². The van der Waals surface area contributed by atoms with Crippen molar-refractivity contribution in [3.63, 3.8) is 0 Å². The minimum Gasteiger partial charge on any atom is -0.368 e. The predicted octanol–water partition coefficient (Wildman–Crippen LogP) is 0.993. The van der Waals surface area contributed by atoms with Crippen molar-refractivity contribution in [2.75, 3.05) is 5.73 Å². The number of nitrogens with zero attached hydrogens (tertiary/aromatic N) is 3. The van der Waals surface area contributed by atoms with E-state index in [0.717, 1.165) is 0 Å². The van der Waals surface area contributed by atoms with Crippen LogP contribution in [0.4, 0.5) is 5.95 Å². The molecule has 2 N–H and O–H groups in total. The number of benzene rings is 1. The van der Waals surface area contributed by atoms with Crippen LogP contribution in [0.15, 0.2) is 30.3 Å². The van der Waals surface area contributed by atoms with Gasteiger partial charge in [0.1, 0.15) is 5.82 Å². The maximum absolute atomic E-state index is 11.9. The second-order valence-corrected chi connectivity index (χ2v) is 3.26. The lowest BCUT2D eigenvalue weighted by Gasteiger charge is -2.01. The fourth-order valence-electron chi connectivity index (χ4n) is 1.32. The maximum atomic E-state index is 11.9. The van der Waals surface area contributed by atoms with Crippen molar-refractivity contribution < 1.29 is 4.79 Å². The molecule has 1 aromatic carbocycles. The monoisotopic (exact) mass is 214 g/mol. The summed E-state index contributed by atoms with van der Waals surface area (Å²) in [7, 11) is 0. The molecule has 0 spiro atoms. The molecule has 0 saturated heterocycles. The van der Waals surface area contributed by atoms with Crippen LogP contribution in [0.25, 0.3) is 0 Å². The zero-order valence-corrected chi connectivity index (χ0v) is 8.71. The van der Waals surface area contributed by atoms with E-state index >= 15 is 0 Å². The third kappa shape index (κ3) is 2.03. The van der Waals surface area contributed by atoms with Gasteiger partial charge in [0.25, 0.3) is 0 Å². The number of aromatic nitrogens is 3. The van der Waals surface area contributed by atoms with Crippen LogP contribution in [-0.2, 0) is 0 Å². The number of nitrogens with two attached hydrogens (primary N) is 1. The Labute approximate surface area is 92.4 Å². The molecule has 0 amide bonds. The zero-order chi connectivity index (χ0) is 11.5. The molecular weight excluding hydrogens is 204 g/mol. The molecule has 5 nitrogen and oxygen atoms in total. The van der Waals surface area contributed by atoms with Crippen molar-refractivity contribution in [1.82, 2.24) is 15.0 Å². The van der Waals surface area contributed by atoms with Crippen molar-refractivity contribution in [2.24, 2.45) is 0 Å². The fourth-order valence-corrected chi connectivity index (χ4v) is 1.32. The fraction of sp³-hybridized carbons (Fsp3) is 0.0909. The molecule has 0 fully saturated rings. The summed E-state index contributed by atoms with van der Waals surface area (Å²) in [5.41, 5.74) is 6.00. The summed E-state index contributed by atoms with van der Waals surface area (Å²) in [6.45, 7) is 1.67. The Morgan fingerprint density at radius 2 is 1.81 bits per heavy atom. The Kier molecular flexibility index (Phi) is 2.59. The quantitative estimate of drug-likeness (QED) is 0.754. The molecule has 0 aliphatic heterocycles. The minimum atomic E-state index is -0.252. The first kappa shape index (κ1) is 10.2. The molecule has 0 aliphatic rings. The van der Waals surface area contributed by atoms with Gasteiger partial charge in [0.2, 0.25) is 17.6 Å². The van der Waals surface area contributed by atoms with Gasteiger partial charge >= 0.3 is 0 Å². The van der Waals surface area contributed by atoms with Crippen molar-refractivity contribution in [1.29, 1.82) is 0 Å². The van der Waals surface area contributed by atoms with Crippen LogP contribution in [-0.4, -0.2) is 20.7 Å². The highest BCUT2D eigenvalue weighted by Crippen LogP contribution is 2.06. The number of carbonyl (C=O) groups is 1. The van der Waals surface area contributed by atoms with Gasteiger partial charge in [0.05, 0.1) is 0 Å². The van der Waals surface area contributed by atoms with Gasteiger partial charge in [-0.1, -0.05) is 30.3 Å². The van der Waals surface area contributed by atoms with Crippen LogP contribution >= 0.6 is 0 Å². The van der Waals surface area contributed by atoms with Gasteiger partial charge in [-0.05, 0) is 6.92 Å². The summed E-state index contributed by atoms with van der Waals surface area (Å²) in [6, 6.07) is 8.81. The van der Waals surface area contributed by atoms with E-state index in [4.69, 9.17) is 5.73 Å². The Morgan fingerprint density at radius 1 is 1.12 bits per heavy atom. The molecule has 80 valence electrons. The summed E-state index contributed by atoms with van der Waals surface area (Å²) in [4.78, 5) is 23.5. The van der Waals surface area contributed by atoms with Crippen molar-refractivity contribution in [3.05, 3.63) is 47.5 Å². The second kappa shape index (κ2) is 4.06. The Hall–Kier alpha value is -2.30. The molecule has 1 aromatic heterocycles. The highest BCUT2D eigenvalue weighted by Gasteiger charge is 2.13. The maximum Gasteiger partial charge on any atom is 0.230 e. The number of carbonyl (C=O) groups excluding carboxylic acids is 1. The summed E-state index contributed by atoms with van der Waals surface area (Å²) in [6.07, 6.45) is 0. The van der Waals surface area contributed by atoms with Crippen LogP contribution in [0.2, 0.25) is 0 Å². The molecule has 0 radical (unpaired) electrons. The molecule has 0 bridgehead atoms. The highest BCUT2D eigenvalue weighted by atomic mass is 16.1. The van der Waals surface area contributed by atoms with E-state index in [1.54, 1.807) is 31.2 Å². The lowest BCUT2D eigenvalue weighted by atomic mass is 10.1. The molecule has 0 unspecified atom stereocenters. The summed E-state index contributed by atoms with van der Waals surface area (Å²) < 4.78 is 0. The predicted molar refractivity (Wildman–Crippen MR) is 58.9 cm³/mol. The van der Waals surface area contributed by atoms with E-state index in [9.17, 15) is 4.79 Å². The number of nitrogen functional groups attached to an aromatic ring is 1. The number of hydrogen-bond acceptors (Lipinski definition) is 5. The number of anilines is 1. The van der Waals surface area contributed by atoms with E-state index in [-0.39, 0.29) is 17.6 Å². The number of ketones is 1. The third-order valence-corrected chi connectivity index (χ3v) is 2.00. The standard InChI is InChI=1S/C11H10N4O/c1-7-13-10(15-11(12)14-7)9(16)8-5-3-2-4-6-8/h2-6H,1H3,(H2,12,13,14,15). The largest absolute Gasteiger partial charge is 0.368 e. The molecular formula is C11H10N4O. The normalized spacial score (nSPS) is 10.1. The Bertz CT molecular complexity index is 505. The van der Waals surface area contributed by atoms with E-state index in [1.807, 2.05) is 6.07 Å². The number of aryl methyl sites for hydroxylation is 1. The zero-order valence-electron chi connectivity index (χ0n) is 8.71. The van der Waals surface area contributed by atoms with Crippen LogP contribution in [0.5, 0.6) is 0 Å². The first-order chi connectivity index (χ1) is 7.66. The van der Waals surface area contributed by atoms with Crippen LogP contribution in [0.1, 0.15) is 22.0 Å². The smallest absolute Gasteiger partial charge is 0.230 e. The average Bonchev–Trinajstić information content (AvgIpc) is 2.28. The van der Waals surface area contributed by atoms with Crippen LogP contribution < -0.4 is 5.73 Å². The van der Waals surface area contributed by atoms with Gasteiger partial charge in [-0.25, -0.2) is 4.98 Å². The van der Waals surface area contributed by atoms with Gasteiger partial charge in [-0.15, -0.1) is 0 Å². The average molecular weight is 214 g/mol. The van der Waals surface area contributed by atoms with E-state index in [2.05, 4.69) is 15.0 Å². The van der Waals surface area contributed by atoms with Crippen molar-refractivity contribution in [2.45, 2.75) is 6.92 Å². The van der Waals surface area contributed by atoms with Gasteiger partial charge < -0.3 is 5.73 Å². The topological polar surface area (TPSA) is 81.8 Å². The molecule has 16 heavy (non-hydrogen) atoms. The summed E-state index contributed by atoms with van der Waals surface area (Å²) >= 11 is 0. The summed E-state index contributed by atoms with van der Waals surface area (Å²) in [5, 5.41) is 0. The third-order valence-electron chi connectivity index (χ3n) is 2.00. The molecule has 0 aliphatic carbocycles. The summed E-state index contributed by atoms with van der Waals surface area (Å²) in [5.74, 6) is 0.326. The lowest BCUT2D eigenvalue weighted by Crippen LogP contribution is -2.11. The Morgan fingerprint density at radius 3 is 2.44 bits per heavy atom. The molecule has 1 heterocycles. The van der Waals surface area contributed by atoms with Crippen LogP contribution in [0, 0.1) is 6.92 Å². The van der Waals surface area contributed by atoms with Crippen molar-refractivity contribution in [3.8, 4) is 0 Å². The van der Waals surface area contributed by atoms with E-state index in [1.165, 1.54) is 0 Å². The molecule has 2 rings (SSSR count). The second-order valence-electron chi connectivity index (χ2n) is 3.26. The highest BCUT2D eigenvalue weighted by molar-refractivity contribution is 6.06. The number of hydrogen-bond donors (Lipinski definition) is 1. The number of rotatable bonds is 2. The van der Waals surface area contributed by atoms with Gasteiger partial charge in [0, 0.05) is 5.56 Å². The Balaban J connectivity index is 2.42. The van der Waals surface area contributed by atoms with Gasteiger partial charge in [0.15, 0.2) is 0 Å². The molecule has 0 saturated carbocycles. The molecule has 0 atom stereocenters.